The fourth-order valence-electron chi connectivity index (χ4n) is 2.64. The molecular weight excluding hydrogens is 324 g/mol. The lowest BCUT2D eigenvalue weighted by molar-refractivity contribution is -0.143. The lowest BCUT2D eigenvalue weighted by Gasteiger charge is -2.16. The Morgan fingerprint density at radius 3 is 2.88 bits per heavy atom. The molecule has 1 aromatic carbocycles. The minimum absolute atomic E-state index is 0.135. The Kier molecular flexibility index (Phi) is 8.55. The Balaban J connectivity index is 1.99. The van der Waals surface area contributed by atoms with Crippen LogP contribution in [0.25, 0.3) is 0 Å². The number of ether oxygens (including phenoxy) is 5. The number of carbonyl (C=O) groups is 1. The van der Waals surface area contributed by atoms with Gasteiger partial charge < -0.3 is 23.7 Å². The van der Waals surface area contributed by atoms with Crippen molar-refractivity contribution < 1.29 is 28.5 Å². The van der Waals surface area contributed by atoms with Crippen LogP contribution in [-0.4, -0.2) is 52.2 Å². The van der Waals surface area contributed by atoms with Crippen LogP contribution in [0.1, 0.15) is 31.7 Å². The van der Waals surface area contributed by atoms with Gasteiger partial charge >= 0.3 is 5.97 Å². The average molecular weight is 352 g/mol. The fourth-order valence-corrected chi connectivity index (χ4v) is 2.64. The zero-order chi connectivity index (χ0) is 17.9. The van der Waals surface area contributed by atoms with Crippen molar-refractivity contribution in [2.45, 2.75) is 38.7 Å². The predicted molar refractivity (Wildman–Crippen MR) is 93.2 cm³/mol. The summed E-state index contributed by atoms with van der Waals surface area (Å²) < 4.78 is 27.2. The van der Waals surface area contributed by atoms with Gasteiger partial charge in [0, 0.05) is 26.2 Å². The van der Waals surface area contributed by atoms with Gasteiger partial charge in [-0.05, 0) is 37.8 Å². The third kappa shape index (κ3) is 6.92. The highest BCUT2D eigenvalue weighted by Gasteiger charge is 2.17. The quantitative estimate of drug-likeness (QED) is 0.451. The lowest BCUT2D eigenvalue weighted by atomic mass is 10.1. The largest absolute Gasteiger partial charge is 0.491 e. The van der Waals surface area contributed by atoms with E-state index in [1.807, 2.05) is 18.2 Å². The van der Waals surface area contributed by atoms with E-state index in [2.05, 4.69) is 0 Å². The molecule has 140 valence electrons. The molecular formula is C19H28O6. The van der Waals surface area contributed by atoms with Crippen molar-refractivity contribution in [3.05, 3.63) is 23.8 Å². The third-order valence-corrected chi connectivity index (χ3v) is 3.95. The van der Waals surface area contributed by atoms with Crippen molar-refractivity contribution in [1.82, 2.24) is 0 Å². The van der Waals surface area contributed by atoms with Crippen LogP contribution in [0.2, 0.25) is 0 Å². The van der Waals surface area contributed by atoms with E-state index in [1.54, 1.807) is 14.0 Å². The van der Waals surface area contributed by atoms with E-state index in [9.17, 15) is 4.79 Å². The van der Waals surface area contributed by atoms with Crippen LogP contribution in [0.3, 0.4) is 0 Å². The molecule has 2 rings (SSSR count). The van der Waals surface area contributed by atoms with Gasteiger partial charge in [-0.3, -0.25) is 4.79 Å². The number of carbonyl (C=O) groups excluding carboxylic acids is 1. The SMILES string of the molecule is CCOC(=O)CCc1ccc(OCCOC)cc1OCC1CCCO1. The smallest absolute Gasteiger partial charge is 0.306 e. The van der Waals surface area contributed by atoms with Gasteiger partial charge in [0.2, 0.25) is 0 Å². The number of rotatable bonds is 11. The Morgan fingerprint density at radius 1 is 1.28 bits per heavy atom. The number of hydrogen-bond acceptors (Lipinski definition) is 6. The second-order valence-corrected chi connectivity index (χ2v) is 5.86. The first-order valence-corrected chi connectivity index (χ1v) is 8.87. The van der Waals surface area contributed by atoms with Gasteiger partial charge in [-0.25, -0.2) is 0 Å². The predicted octanol–water partition coefficient (Wildman–Crippen LogP) is 2.77. The molecule has 0 aliphatic carbocycles. The van der Waals surface area contributed by atoms with Crippen LogP contribution in [0.4, 0.5) is 0 Å². The second-order valence-electron chi connectivity index (χ2n) is 5.86. The maximum Gasteiger partial charge on any atom is 0.306 e. The zero-order valence-electron chi connectivity index (χ0n) is 15.1. The van der Waals surface area contributed by atoms with Crippen molar-refractivity contribution in [3.63, 3.8) is 0 Å². The van der Waals surface area contributed by atoms with E-state index in [4.69, 9.17) is 23.7 Å². The van der Waals surface area contributed by atoms with Gasteiger partial charge in [-0.2, -0.15) is 0 Å². The van der Waals surface area contributed by atoms with E-state index in [0.29, 0.717) is 39.3 Å². The van der Waals surface area contributed by atoms with E-state index in [1.165, 1.54) is 0 Å². The summed E-state index contributed by atoms with van der Waals surface area (Å²) in [6.45, 7) is 4.51. The second kappa shape index (κ2) is 10.9. The van der Waals surface area contributed by atoms with Gasteiger partial charge in [-0.1, -0.05) is 6.07 Å². The lowest BCUT2D eigenvalue weighted by Crippen LogP contribution is -2.17. The van der Waals surface area contributed by atoms with Gasteiger partial charge in [-0.15, -0.1) is 0 Å². The molecule has 1 aliphatic heterocycles. The molecule has 1 atom stereocenters. The van der Waals surface area contributed by atoms with Gasteiger partial charge in [0.15, 0.2) is 0 Å². The zero-order valence-corrected chi connectivity index (χ0v) is 15.1. The summed E-state index contributed by atoms with van der Waals surface area (Å²) in [5.74, 6) is 1.25. The van der Waals surface area contributed by atoms with Crippen LogP contribution in [0, 0.1) is 0 Å². The van der Waals surface area contributed by atoms with Crippen molar-refractivity contribution in [3.8, 4) is 11.5 Å². The molecule has 1 aliphatic rings. The van der Waals surface area contributed by atoms with Crippen LogP contribution in [0.15, 0.2) is 18.2 Å². The minimum atomic E-state index is -0.201. The van der Waals surface area contributed by atoms with Crippen LogP contribution in [-0.2, 0) is 25.4 Å². The van der Waals surface area contributed by atoms with Gasteiger partial charge in [0.05, 0.1) is 19.3 Å². The summed E-state index contributed by atoms with van der Waals surface area (Å²) in [5.41, 5.74) is 0.963. The van der Waals surface area contributed by atoms with Gasteiger partial charge in [0.25, 0.3) is 0 Å². The molecule has 0 bridgehead atoms. The van der Waals surface area contributed by atoms with E-state index >= 15 is 0 Å². The summed E-state index contributed by atoms with van der Waals surface area (Å²) in [5, 5.41) is 0. The standard InChI is InChI=1S/C19H28O6/c1-3-22-19(20)9-7-15-6-8-16(24-12-11-21-2)13-18(15)25-14-17-5-4-10-23-17/h6,8,13,17H,3-5,7,9-12,14H2,1-2H3. The Labute approximate surface area is 149 Å². The molecule has 6 heteroatoms. The number of hydrogen-bond donors (Lipinski definition) is 0. The van der Waals surface area contributed by atoms with Crippen LogP contribution in [0.5, 0.6) is 11.5 Å². The highest BCUT2D eigenvalue weighted by atomic mass is 16.5. The van der Waals surface area contributed by atoms with E-state index in [-0.39, 0.29) is 12.1 Å². The molecule has 1 unspecified atom stereocenters. The number of aryl methyl sites for hydroxylation is 1. The molecule has 1 fully saturated rings. The first kappa shape index (κ1) is 19.5. The number of esters is 1. The maximum absolute atomic E-state index is 11.6. The molecule has 0 saturated carbocycles. The highest BCUT2D eigenvalue weighted by Crippen LogP contribution is 2.27. The summed E-state index contributed by atoms with van der Waals surface area (Å²) in [4.78, 5) is 11.6. The molecule has 6 nitrogen and oxygen atoms in total. The molecule has 0 radical (unpaired) electrons. The molecule has 25 heavy (non-hydrogen) atoms. The molecule has 0 amide bonds. The number of methoxy groups -OCH3 is 1. The van der Waals surface area contributed by atoms with Crippen molar-refractivity contribution in [2.24, 2.45) is 0 Å². The average Bonchev–Trinajstić information content (AvgIpc) is 3.13. The molecule has 0 aromatic heterocycles. The van der Waals surface area contributed by atoms with Crippen molar-refractivity contribution in [2.75, 3.05) is 40.1 Å². The van der Waals surface area contributed by atoms with Crippen molar-refractivity contribution >= 4 is 5.97 Å². The fraction of sp³-hybridized carbons (Fsp3) is 0.632. The first-order chi connectivity index (χ1) is 12.2. The normalized spacial score (nSPS) is 16.6. The summed E-state index contributed by atoms with van der Waals surface area (Å²) in [7, 11) is 1.64. The molecule has 1 saturated heterocycles. The van der Waals surface area contributed by atoms with E-state index in [0.717, 1.165) is 36.5 Å². The topological polar surface area (TPSA) is 63.2 Å². The summed E-state index contributed by atoms with van der Waals surface area (Å²) >= 11 is 0. The summed E-state index contributed by atoms with van der Waals surface area (Å²) in [6.07, 6.45) is 3.12. The Bertz CT molecular complexity index is 525. The monoisotopic (exact) mass is 352 g/mol. The molecule has 1 heterocycles. The van der Waals surface area contributed by atoms with Crippen molar-refractivity contribution in [1.29, 1.82) is 0 Å². The third-order valence-electron chi connectivity index (χ3n) is 3.95. The van der Waals surface area contributed by atoms with Gasteiger partial charge in [0.1, 0.15) is 24.7 Å². The van der Waals surface area contributed by atoms with E-state index < -0.39 is 0 Å². The molecule has 0 N–H and O–H groups in total. The van der Waals surface area contributed by atoms with Crippen LogP contribution >= 0.6 is 0 Å². The Morgan fingerprint density at radius 2 is 2.16 bits per heavy atom. The summed E-state index contributed by atoms with van der Waals surface area (Å²) in [6, 6.07) is 5.69. The number of benzene rings is 1. The Hall–Kier alpha value is -1.79. The van der Waals surface area contributed by atoms with Crippen LogP contribution < -0.4 is 9.47 Å². The maximum atomic E-state index is 11.6. The minimum Gasteiger partial charge on any atom is -0.491 e. The molecule has 1 aromatic rings. The molecule has 0 spiro atoms. The first-order valence-electron chi connectivity index (χ1n) is 8.87. The highest BCUT2D eigenvalue weighted by molar-refractivity contribution is 5.69.